The molecular formula is C25H24O12. The number of ether oxygens (including phenoxy) is 4. The predicted octanol–water partition coefficient (Wildman–Crippen LogP) is 1.92. The van der Waals surface area contributed by atoms with Crippen molar-refractivity contribution in [3.8, 4) is 34.3 Å². The molecule has 1 aliphatic rings. The summed E-state index contributed by atoms with van der Waals surface area (Å²) in [7, 11) is 0. The fourth-order valence-corrected chi connectivity index (χ4v) is 4.06. The molecule has 0 unspecified atom stereocenters. The molecule has 12 nitrogen and oxygen atoms in total. The topological polar surface area (TPSA) is 182 Å². The fourth-order valence-electron chi connectivity index (χ4n) is 4.06. The molecule has 0 spiro atoms. The zero-order chi connectivity index (χ0) is 27.0. The average Bonchev–Trinajstić information content (AvgIpc) is 2.80. The lowest BCUT2D eigenvalue weighted by Gasteiger charge is -2.41. The molecule has 3 aromatic rings. The molecule has 1 fully saturated rings. The first-order valence-corrected chi connectivity index (χ1v) is 11.1. The van der Waals surface area contributed by atoms with E-state index in [0.717, 1.165) is 26.0 Å². The summed E-state index contributed by atoms with van der Waals surface area (Å²) in [6.45, 7) is 3.70. The molecule has 0 radical (unpaired) electrons. The monoisotopic (exact) mass is 516 g/mol. The van der Waals surface area contributed by atoms with Gasteiger partial charge in [-0.2, -0.15) is 0 Å². The third-order valence-electron chi connectivity index (χ3n) is 5.64. The van der Waals surface area contributed by atoms with Crippen molar-refractivity contribution in [3.05, 3.63) is 46.6 Å². The molecule has 12 heteroatoms. The molecule has 0 amide bonds. The van der Waals surface area contributed by atoms with Gasteiger partial charge >= 0.3 is 11.9 Å². The molecule has 0 aliphatic carbocycles. The maximum atomic E-state index is 13.5. The number of phenols is 3. The molecule has 196 valence electrons. The highest BCUT2D eigenvalue weighted by molar-refractivity contribution is 5.88. The molecule has 4 rings (SSSR count). The van der Waals surface area contributed by atoms with Gasteiger partial charge in [-0.05, 0) is 31.2 Å². The van der Waals surface area contributed by atoms with Crippen LogP contribution in [0.1, 0.15) is 20.8 Å². The zero-order valence-electron chi connectivity index (χ0n) is 19.9. The number of esters is 2. The van der Waals surface area contributed by atoms with Gasteiger partial charge in [-0.3, -0.25) is 14.4 Å². The first kappa shape index (κ1) is 25.8. The third-order valence-corrected chi connectivity index (χ3v) is 5.64. The second-order valence-electron chi connectivity index (χ2n) is 8.44. The Hall–Kier alpha value is -4.29. The van der Waals surface area contributed by atoms with Gasteiger partial charge in [-0.1, -0.05) is 0 Å². The molecular weight excluding hydrogens is 492 g/mol. The van der Waals surface area contributed by atoms with Crippen LogP contribution in [0, 0.1) is 0 Å². The standard InChI is InChI=1S/C25H24O12/c1-10-21(34-11(2)26)20(32)24(35-12(3)27)25(33-10)37-23-19(31)18-16(30)8-15(29)9-17(18)36-22(23)13-4-6-14(28)7-5-13/h4-10,20-21,24-25,28-30,32H,1-3H3/t10-,20+,21-,24+,25+/m1/s1. The summed E-state index contributed by atoms with van der Waals surface area (Å²) < 4.78 is 27.8. The van der Waals surface area contributed by atoms with Crippen molar-refractivity contribution < 1.29 is 53.4 Å². The van der Waals surface area contributed by atoms with E-state index in [1.54, 1.807) is 0 Å². The summed E-state index contributed by atoms with van der Waals surface area (Å²) in [5.74, 6) is -3.18. The Morgan fingerprint density at radius 3 is 2.16 bits per heavy atom. The molecule has 2 heterocycles. The number of benzene rings is 2. The van der Waals surface area contributed by atoms with Crippen molar-refractivity contribution in [2.24, 2.45) is 0 Å². The Bertz CT molecular complexity index is 1390. The first-order valence-electron chi connectivity index (χ1n) is 11.1. The van der Waals surface area contributed by atoms with E-state index in [0.29, 0.717) is 0 Å². The zero-order valence-corrected chi connectivity index (χ0v) is 19.9. The van der Waals surface area contributed by atoms with Crippen molar-refractivity contribution in [1.29, 1.82) is 0 Å². The fraction of sp³-hybridized carbons (Fsp3) is 0.320. The Morgan fingerprint density at radius 2 is 1.54 bits per heavy atom. The minimum absolute atomic E-state index is 0.0661. The summed E-state index contributed by atoms with van der Waals surface area (Å²) in [4.78, 5) is 36.8. The van der Waals surface area contributed by atoms with E-state index in [1.807, 2.05) is 0 Å². The van der Waals surface area contributed by atoms with E-state index >= 15 is 0 Å². The lowest BCUT2D eigenvalue weighted by Crippen LogP contribution is -2.60. The highest BCUT2D eigenvalue weighted by atomic mass is 16.7. The van der Waals surface area contributed by atoms with E-state index in [9.17, 15) is 34.8 Å². The number of carbonyl (C=O) groups excluding carboxylic acids is 2. The molecule has 0 saturated carbocycles. The number of phenolic OH excluding ortho intramolecular Hbond substituents is 3. The minimum atomic E-state index is -1.59. The summed E-state index contributed by atoms with van der Waals surface area (Å²) in [5, 5.41) is 40.4. The number of carbonyl (C=O) groups is 2. The molecule has 1 aromatic heterocycles. The van der Waals surface area contributed by atoms with Gasteiger partial charge in [-0.25, -0.2) is 0 Å². The van der Waals surface area contributed by atoms with Gasteiger partial charge in [0.25, 0.3) is 0 Å². The van der Waals surface area contributed by atoms with E-state index in [4.69, 9.17) is 23.4 Å². The second-order valence-corrected chi connectivity index (χ2v) is 8.44. The van der Waals surface area contributed by atoms with Crippen LogP contribution in [0.5, 0.6) is 23.0 Å². The van der Waals surface area contributed by atoms with E-state index < -0.39 is 59.6 Å². The smallest absolute Gasteiger partial charge is 0.303 e. The van der Waals surface area contributed by atoms with Crippen LogP contribution in [0.25, 0.3) is 22.3 Å². The first-order chi connectivity index (χ1) is 17.5. The van der Waals surface area contributed by atoms with Crippen molar-refractivity contribution >= 4 is 22.9 Å². The van der Waals surface area contributed by atoms with Crippen molar-refractivity contribution in [1.82, 2.24) is 0 Å². The highest BCUT2D eigenvalue weighted by Gasteiger charge is 2.49. The molecule has 5 atom stereocenters. The van der Waals surface area contributed by atoms with Crippen LogP contribution in [0.3, 0.4) is 0 Å². The van der Waals surface area contributed by atoms with Gasteiger partial charge < -0.3 is 43.8 Å². The second kappa shape index (κ2) is 9.99. The van der Waals surface area contributed by atoms with Gasteiger partial charge in [-0.15, -0.1) is 0 Å². The number of fused-ring (bicyclic) bond motifs is 1. The number of aromatic hydroxyl groups is 3. The normalized spacial score (nSPS) is 23.4. The summed E-state index contributed by atoms with van der Waals surface area (Å²) in [5.41, 5.74) is -0.764. The average molecular weight is 516 g/mol. The molecule has 1 saturated heterocycles. The van der Waals surface area contributed by atoms with Gasteiger partial charge in [0.15, 0.2) is 18.0 Å². The predicted molar refractivity (Wildman–Crippen MR) is 125 cm³/mol. The maximum Gasteiger partial charge on any atom is 0.303 e. The number of hydrogen-bond acceptors (Lipinski definition) is 12. The molecule has 4 N–H and O–H groups in total. The quantitative estimate of drug-likeness (QED) is 0.362. The molecule has 2 aromatic carbocycles. The molecule has 1 aliphatic heterocycles. The largest absolute Gasteiger partial charge is 0.508 e. The van der Waals surface area contributed by atoms with Gasteiger partial charge in [0, 0.05) is 31.5 Å². The Balaban J connectivity index is 1.86. The van der Waals surface area contributed by atoms with E-state index in [2.05, 4.69) is 0 Å². The highest BCUT2D eigenvalue weighted by Crippen LogP contribution is 2.38. The number of aliphatic hydroxyl groups excluding tert-OH is 1. The Morgan fingerprint density at radius 1 is 0.919 bits per heavy atom. The van der Waals surface area contributed by atoms with E-state index in [1.165, 1.54) is 31.2 Å². The summed E-state index contributed by atoms with van der Waals surface area (Å²) in [6.07, 6.45) is -6.86. The minimum Gasteiger partial charge on any atom is -0.508 e. The SMILES string of the molecule is CC(=O)O[C@@H]1[C@H](Oc2c(-c3ccc(O)cc3)oc3cc(O)cc(O)c3c2=O)O[C@H](C)[C@@H](OC(C)=O)[C@@H]1O. The Labute approximate surface area is 209 Å². The Kier molecular flexibility index (Phi) is 6.96. The summed E-state index contributed by atoms with van der Waals surface area (Å²) >= 11 is 0. The van der Waals surface area contributed by atoms with Crippen LogP contribution >= 0.6 is 0 Å². The van der Waals surface area contributed by atoms with Crippen molar-refractivity contribution in [3.63, 3.8) is 0 Å². The van der Waals surface area contributed by atoms with Crippen molar-refractivity contribution in [2.75, 3.05) is 0 Å². The van der Waals surface area contributed by atoms with Gasteiger partial charge in [0.05, 0.1) is 6.10 Å². The number of rotatable bonds is 5. The van der Waals surface area contributed by atoms with Gasteiger partial charge in [0.1, 0.15) is 34.3 Å². The van der Waals surface area contributed by atoms with Crippen LogP contribution in [0.15, 0.2) is 45.6 Å². The van der Waals surface area contributed by atoms with E-state index in [-0.39, 0.29) is 33.8 Å². The lowest BCUT2D eigenvalue weighted by atomic mass is 9.99. The van der Waals surface area contributed by atoms with Crippen molar-refractivity contribution in [2.45, 2.75) is 51.5 Å². The van der Waals surface area contributed by atoms with Crippen LogP contribution in [0.2, 0.25) is 0 Å². The number of aliphatic hydroxyl groups is 1. The van der Waals surface area contributed by atoms with Gasteiger partial charge in [0.2, 0.25) is 17.5 Å². The number of hydrogen-bond donors (Lipinski definition) is 4. The van der Waals surface area contributed by atoms with Crippen LogP contribution < -0.4 is 10.2 Å². The van der Waals surface area contributed by atoms with Crippen LogP contribution in [-0.4, -0.2) is 63.1 Å². The maximum absolute atomic E-state index is 13.5. The third kappa shape index (κ3) is 5.15. The van der Waals surface area contributed by atoms with Crippen LogP contribution in [-0.2, 0) is 23.8 Å². The molecule has 37 heavy (non-hydrogen) atoms. The molecule has 0 bridgehead atoms. The lowest BCUT2D eigenvalue weighted by molar-refractivity contribution is -0.277. The summed E-state index contributed by atoms with van der Waals surface area (Å²) in [6, 6.07) is 7.58. The van der Waals surface area contributed by atoms with Crippen LogP contribution in [0.4, 0.5) is 0 Å².